The zero-order valence-electron chi connectivity index (χ0n) is 11.2. The normalized spacial score (nSPS) is 27.2. The smallest absolute Gasteiger partial charge is 0.409 e. The molecule has 0 spiro atoms. The number of nitrogens with zero attached hydrogens (tertiary/aromatic N) is 2. The van der Waals surface area contributed by atoms with E-state index in [0.29, 0.717) is 12.6 Å². The van der Waals surface area contributed by atoms with Crippen molar-refractivity contribution in [3.05, 3.63) is 0 Å². The number of ether oxygens (including phenoxy) is 1. The van der Waals surface area contributed by atoms with Crippen LogP contribution in [0.5, 0.6) is 0 Å². The average Bonchev–Trinajstić information content (AvgIpc) is 2.39. The summed E-state index contributed by atoms with van der Waals surface area (Å²) >= 11 is 0. The number of aliphatic hydroxyl groups is 1. The van der Waals surface area contributed by atoms with Crippen LogP contribution in [0, 0.1) is 0 Å². The lowest BCUT2D eigenvalue weighted by atomic mass is 9.99. The Kier molecular flexibility index (Phi) is 4.83. The van der Waals surface area contributed by atoms with Crippen LogP contribution in [0.2, 0.25) is 0 Å². The fourth-order valence-corrected chi connectivity index (χ4v) is 2.94. The topological polar surface area (TPSA) is 53.0 Å². The van der Waals surface area contributed by atoms with E-state index in [9.17, 15) is 9.90 Å². The molecule has 104 valence electrons. The second-order valence-corrected chi connectivity index (χ2v) is 5.21. The standard InChI is InChI=1S/C13H24N2O3/c1-2-18-13(17)14-8-5-11(6-9-14)15-7-3-4-12(16)10-15/h11-12,16H,2-10H2,1H3. The molecule has 0 radical (unpaired) electrons. The molecular formula is C13H24N2O3. The Hall–Kier alpha value is -0.810. The highest BCUT2D eigenvalue weighted by atomic mass is 16.6. The van der Waals surface area contributed by atoms with Gasteiger partial charge < -0.3 is 14.7 Å². The summed E-state index contributed by atoms with van der Waals surface area (Å²) in [4.78, 5) is 15.8. The number of carbonyl (C=O) groups excluding carboxylic acids is 1. The third kappa shape index (κ3) is 3.36. The zero-order valence-corrected chi connectivity index (χ0v) is 11.2. The van der Waals surface area contributed by atoms with E-state index in [1.54, 1.807) is 4.90 Å². The monoisotopic (exact) mass is 256 g/mol. The maximum absolute atomic E-state index is 11.6. The molecule has 0 aromatic heterocycles. The number of carbonyl (C=O) groups is 1. The molecule has 5 heteroatoms. The number of hydrogen-bond acceptors (Lipinski definition) is 4. The molecule has 18 heavy (non-hydrogen) atoms. The molecule has 2 rings (SSSR count). The minimum atomic E-state index is -0.186. The van der Waals surface area contributed by atoms with Gasteiger partial charge in [0.1, 0.15) is 0 Å². The number of piperidine rings is 2. The Morgan fingerprint density at radius 1 is 1.28 bits per heavy atom. The number of amides is 1. The maximum atomic E-state index is 11.6. The maximum Gasteiger partial charge on any atom is 0.409 e. The summed E-state index contributed by atoms with van der Waals surface area (Å²) < 4.78 is 5.01. The highest BCUT2D eigenvalue weighted by Crippen LogP contribution is 2.21. The lowest BCUT2D eigenvalue weighted by Crippen LogP contribution is -2.50. The van der Waals surface area contributed by atoms with E-state index in [1.165, 1.54) is 0 Å². The molecule has 2 aliphatic rings. The summed E-state index contributed by atoms with van der Waals surface area (Å²) in [6.45, 7) is 5.70. The van der Waals surface area contributed by atoms with Gasteiger partial charge in [0.25, 0.3) is 0 Å². The van der Waals surface area contributed by atoms with Crippen molar-refractivity contribution in [1.29, 1.82) is 0 Å². The predicted molar refractivity (Wildman–Crippen MR) is 68.4 cm³/mol. The van der Waals surface area contributed by atoms with Crippen molar-refractivity contribution in [1.82, 2.24) is 9.80 Å². The van der Waals surface area contributed by atoms with E-state index in [2.05, 4.69) is 4.90 Å². The zero-order chi connectivity index (χ0) is 13.0. The van der Waals surface area contributed by atoms with Crippen molar-refractivity contribution >= 4 is 6.09 Å². The van der Waals surface area contributed by atoms with Gasteiger partial charge in [0.05, 0.1) is 12.7 Å². The van der Waals surface area contributed by atoms with Crippen molar-refractivity contribution in [2.75, 3.05) is 32.8 Å². The molecule has 0 bridgehead atoms. The van der Waals surface area contributed by atoms with Gasteiger partial charge in [-0.2, -0.15) is 0 Å². The van der Waals surface area contributed by atoms with Gasteiger partial charge in [0.2, 0.25) is 0 Å². The summed E-state index contributed by atoms with van der Waals surface area (Å²) in [7, 11) is 0. The van der Waals surface area contributed by atoms with Gasteiger partial charge in [-0.05, 0) is 39.2 Å². The van der Waals surface area contributed by atoms with Crippen LogP contribution in [0.3, 0.4) is 0 Å². The average molecular weight is 256 g/mol. The number of hydrogen-bond donors (Lipinski definition) is 1. The number of likely N-dealkylation sites (tertiary alicyclic amines) is 2. The first-order chi connectivity index (χ1) is 8.70. The molecule has 0 aromatic carbocycles. The first-order valence-corrected chi connectivity index (χ1v) is 7.04. The predicted octanol–water partition coefficient (Wildman–Crippen LogP) is 1.06. The molecule has 1 N–H and O–H groups in total. The van der Waals surface area contributed by atoms with E-state index in [-0.39, 0.29) is 12.2 Å². The number of aliphatic hydroxyl groups excluding tert-OH is 1. The molecule has 0 aromatic rings. The Morgan fingerprint density at radius 3 is 2.61 bits per heavy atom. The van der Waals surface area contributed by atoms with Gasteiger partial charge in [-0.15, -0.1) is 0 Å². The molecule has 2 saturated heterocycles. The van der Waals surface area contributed by atoms with E-state index in [1.807, 2.05) is 6.92 Å². The van der Waals surface area contributed by atoms with Gasteiger partial charge in [0.15, 0.2) is 0 Å². The van der Waals surface area contributed by atoms with Crippen LogP contribution in [0.25, 0.3) is 0 Å². The second-order valence-electron chi connectivity index (χ2n) is 5.21. The third-order valence-electron chi connectivity index (χ3n) is 3.93. The van der Waals surface area contributed by atoms with E-state index >= 15 is 0 Å². The minimum Gasteiger partial charge on any atom is -0.450 e. The molecule has 0 aliphatic carbocycles. The highest BCUT2D eigenvalue weighted by Gasteiger charge is 2.29. The van der Waals surface area contributed by atoms with Crippen LogP contribution in [-0.2, 0) is 4.74 Å². The molecule has 0 saturated carbocycles. The molecule has 2 heterocycles. The summed E-state index contributed by atoms with van der Waals surface area (Å²) in [5.74, 6) is 0. The Labute approximate surface area is 109 Å². The quantitative estimate of drug-likeness (QED) is 0.803. The molecule has 1 atom stereocenters. The van der Waals surface area contributed by atoms with Crippen LogP contribution in [0.15, 0.2) is 0 Å². The molecule has 1 unspecified atom stereocenters. The van der Waals surface area contributed by atoms with Crippen LogP contribution in [0.4, 0.5) is 4.79 Å². The molecule has 5 nitrogen and oxygen atoms in total. The third-order valence-corrected chi connectivity index (χ3v) is 3.93. The van der Waals surface area contributed by atoms with Gasteiger partial charge in [0, 0.05) is 25.7 Å². The molecule has 2 aliphatic heterocycles. The van der Waals surface area contributed by atoms with Crippen LogP contribution in [-0.4, -0.2) is 65.9 Å². The number of rotatable bonds is 2. The van der Waals surface area contributed by atoms with Gasteiger partial charge in [-0.1, -0.05) is 0 Å². The van der Waals surface area contributed by atoms with Crippen molar-refractivity contribution in [3.63, 3.8) is 0 Å². The molecule has 2 fully saturated rings. The first-order valence-electron chi connectivity index (χ1n) is 7.04. The lowest BCUT2D eigenvalue weighted by molar-refractivity contribution is 0.0231. The van der Waals surface area contributed by atoms with Crippen molar-refractivity contribution in [2.24, 2.45) is 0 Å². The molecule has 1 amide bonds. The Morgan fingerprint density at radius 2 is 2.00 bits per heavy atom. The molecular weight excluding hydrogens is 232 g/mol. The summed E-state index contributed by atoms with van der Waals surface area (Å²) in [6, 6.07) is 0.519. The SMILES string of the molecule is CCOC(=O)N1CCC(N2CCCC(O)C2)CC1. The van der Waals surface area contributed by atoms with Gasteiger partial charge in [-0.3, -0.25) is 4.90 Å². The number of β-amino-alcohol motifs (C(OH)–C–C–N with tert-alkyl or cyclic N) is 1. The van der Waals surface area contributed by atoms with Crippen molar-refractivity contribution < 1.29 is 14.6 Å². The van der Waals surface area contributed by atoms with Gasteiger partial charge in [-0.25, -0.2) is 4.79 Å². The van der Waals surface area contributed by atoms with Crippen LogP contribution < -0.4 is 0 Å². The van der Waals surface area contributed by atoms with Crippen molar-refractivity contribution in [2.45, 2.75) is 44.8 Å². The fourth-order valence-electron chi connectivity index (χ4n) is 2.94. The van der Waals surface area contributed by atoms with Gasteiger partial charge >= 0.3 is 6.09 Å². The summed E-state index contributed by atoms with van der Waals surface area (Å²) in [5.41, 5.74) is 0. The Balaban J connectivity index is 1.77. The Bertz CT molecular complexity index is 277. The van der Waals surface area contributed by atoms with E-state index < -0.39 is 0 Å². The van der Waals surface area contributed by atoms with E-state index in [0.717, 1.165) is 51.9 Å². The van der Waals surface area contributed by atoms with E-state index in [4.69, 9.17) is 4.74 Å². The highest BCUT2D eigenvalue weighted by molar-refractivity contribution is 5.67. The van der Waals surface area contributed by atoms with Crippen molar-refractivity contribution in [3.8, 4) is 0 Å². The van der Waals surface area contributed by atoms with Crippen LogP contribution >= 0.6 is 0 Å². The lowest BCUT2D eigenvalue weighted by Gasteiger charge is -2.41. The summed E-state index contributed by atoms with van der Waals surface area (Å²) in [5, 5.41) is 9.69. The second kappa shape index (κ2) is 6.38. The minimum absolute atomic E-state index is 0.165. The summed E-state index contributed by atoms with van der Waals surface area (Å²) in [6.07, 6.45) is 3.64. The fraction of sp³-hybridized carbons (Fsp3) is 0.923. The largest absolute Gasteiger partial charge is 0.450 e. The van der Waals surface area contributed by atoms with Crippen LogP contribution in [0.1, 0.15) is 32.6 Å². The first kappa shape index (κ1) is 13.6.